The molecule has 0 aromatic heterocycles. The van der Waals surface area contributed by atoms with E-state index < -0.39 is 10.0 Å². The minimum atomic E-state index is -3.53. The second-order valence-corrected chi connectivity index (χ2v) is 6.64. The minimum Gasteiger partial charge on any atom is -0.314 e. The molecule has 0 radical (unpaired) electrons. The van der Waals surface area contributed by atoms with Gasteiger partial charge in [-0.1, -0.05) is 12.1 Å². The number of hydrogen-bond acceptors (Lipinski definition) is 4. The predicted molar refractivity (Wildman–Crippen MR) is 72.7 cm³/mol. The molecule has 1 heterocycles. The first-order valence-corrected chi connectivity index (χ1v) is 7.70. The summed E-state index contributed by atoms with van der Waals surface area (Å²) in [6.45, 7) is 5.05. The molecule has 1 aliphatic rings. The summed E-state index contributed by atoms with van der Waals surface area (Å²) in [5.41, 5.74) is 0.420. The third-order valence-corrected chi connectivity index (χ3v) is 5.30. The lowest BCUT2D eigenvalue weighted by Crippen LogP contribution is -2.52. The molecule has 0 bridgehead atoms. The van der Waals surface area contributed by atoms with Gasteiger partial charge in [-0.25, -0.2) is 8.42 Å². The second kappa shape index (κ2) is 5.40. The average Bonchev–Trinajstić information content (AvgIpc) is 2.39. The Hall–Kier alpha value is -1.24. The van der Waals surface area contributed by atoms with E-state index >= 15 is 0 Å². The largest absolute Gasteiger partial charge is 0.314 e. The van der Waals surface area contributed by atoms with Gasteiger partial charge in [0.15, 0.2) is 5.78 Å². The van der Waals surface area contributed by atoms with Gasteiger partial charge in [0.1, 0.15) is 0 Å². The summed E-state index contributed by atoms with van der Waals surface area (Å²) in [4.78, 5) is 11.5. The van der Waals surface area contributed by atoms with Gasteiger partial charge < -0.3 is 5.32 Å². The van der Waals surface area contributed by atoms with Gasteiger partial charge in [-0.15, -0.1) is 0 Å². The number of ketones is 1. The molecule has 0 aliphatic carbocycles. The molecule has 5 nitrogen and oxygen atoms in total. The smallest absolute Gasteiger partial charge is 0.243 e. The van der Waals surface area contributed by atoms with Crippen LogP contribution in [0.15, 0.2) is 29.2 Å². The van der Waals surface area contributed by atoms with E-state index in [0.717, 1.165) is 0 Å². The van der Waals surface area contributed by atoms with Crippen molar-refractivity contribution in [3.63, 3.8) is 0 Å². The molecule has 6 heteroatoms. The van der Waals surface area contributed by atoms with Crippen LogP contribution in [-0.4, -0.2) is 44.2 Å². The van der Waals surface area contributed by atoms with E-state index in [2.05, 4.69) is 5.32 Å². The Balaban J connectivity index is 2.38. The quantitative estimate of drug-likeness (QED) is 0.836. The van der Waals surface area contributed by atoms with Gasteiger partial charge in [-0.2, -0.15) is 4.31 Å². The van der Waals surface area contributed by atoms with Gasteiger partial charge in [0.05, 0.1) is 4.90 Å². The van der Waals surface area contributed by atoms with Crippen molar-refractivity contribution in [1.29, 1.82) is 0 Å². The molecule has 1 aromatic carbocycles. The fourth-order valence-corrected chi connectivity index (χ4v) is 3.87. The predicted octanol–water partition coefficient (Wildman–Crippen LogP) is 0.872. The molecule has 2 rings (SSSR count). The number of carbonyl (C=O) groups excluding carboxylic acids is 1. The topological polar surface area (TPSA) is 66.5 Å². The monoisotopic (exact) mass is 282 g/mol. The van der Waals surface area contributed by atoms with Gasteiger partial charge in [0.25, 0.3) is 0 Å². The fraction of sp³-hybridized carbons (Fsp3) is 0.462. The summed E-state index contributed by atoms with van der Waals surface area (Å²) in [5.74, 6) is -0.134. The van der Waals surface area contributed by atoms with Gasteiger partial charge in [-0.3, -0.25) is 4.79 Å². The molecular formula is C13H18N2O3S. The van der Waals surface area contributed by atoms with Crippen molar-refractivity contribution in [2.75, 3.05) is 19.6 Å². The highest BCUT2D eigenvalue weighted by Gasteiger charge is 2.30. The van der Waals surface area contributed by atoms with Gasteiger partial charge in [-0.05, 0) is 26.0 Å². The summed E-state index contributed by atoms with van der Waals surface area (Å²) in [6, 6.07) is 6.14. The summed E-state index contributed by atoms with van der Waals surface area (Å²) < 4.78 is 26.6. The van der Waals surface area contributed by atoms with Crippen molar-refractivity contribution in [3.05, 3.63) is 29.8 Å². The number of carbonyl (C=O) groups is 1. The van der Waals surface area contributed by atoms with Crippen molar-refractivity contribution < 1.29 is 13.2 Å². The second-order valence-electron chi connectivity index (χ2n) is 4.75. The van der Waals surface area contributed by atoms with Crippen LogP contribution in [0, 0.1) is 0 Å². The maximum Gasteiger partial charge on any atom is 0.243 e. The summed E-state index contributed by atoms with van der Waals surface area (Å²) in [5, 5.41) is 3.16. The van der Waals surface area contributed by atoms with Crippen molar-refractivity contribution in [2.45, 2.75) is 24.8 Å². The molecule has 0 saturated carbocycles. The zero-order valence-electron chi connectivity index (χ0n) is 11.1. The number of rotatable bonds is 3. The zero-order chi connectivity index (χ0) is 14.0. The molecular weight excluding hydrogens is 264 g/mol. The Morgan fingerprint density at radius 2 is 2.16 bits per heavy atom. The van der Waals surface area contributed by atoms with E-state index in [1.165, 1.54) is 23.4 Å². The molecule has 1 aromatic rings. The molecule has 104 valence electrons. The van der Waals surface area contributed by atoms with Crippen molar-refractivity contribution >= 4 is 15.8 Å². The van der Waals surface area contributed by atoms with Crippen LogP contribution in [0.2, 0.25) is 0 Å². The fourth-order valence-electron chi connectivity index (χ4n) is 2.19. The molecule has 1 atom stereocenters. The first-order valence-electron chi connectivity index (χ1n) is 6.26. The number of sulfonamides is 1. The van der Waals surface area contributed by atoms with E-state index in [0.29, 0.717) is 25.2 Å². The molecule has 0 amide bonds. The molecule has 1 unspecified atom stereocenters. The number of hydrogen-bond donors (Lipinski definition) is 1. The van der Waals surface area contributed by atoms with Crippen LogP contribution >= 0.6 is 0 Å². The Kier molecular flexibility index (Phi) is 4.03. The molecule has 0 spiro atoms. The van der Waals surface area contributed by atoms with Crippen LogP contribution in [0.25, 0.3) is 0 Å². The Morgan fingerprint density at radius 1 is 1.42 bits per heavy atom. The van der Waals surface area contributed by atoms with E-state index in [9.17, 15) is 13.2 Å². The lowest BCUT2D eigenvalue weighted by Gasteiger charge is -2.32. The highest BCUT2D eigenvalue weighted by Crippen LogP contribution is 2.20. The number of nitrogens with zero attached hydrogens (tertiary/aromatic N) is 1. The van der Waals surface area contributed by atoms with Crippen molar-refractivity contribution in [2.24, 2.45) is 0 Å². The van der Waals surface area contributed by atoms with Gasteiger partial charge in [0, 0.05) is 31.2 Å². The van der Waals surface area contributed by atoms with Crippen LogP contribution in [0.3, 0.4) is 0 Å². The third-order valence-electron chi connectivity index (χ3n) is 3.29. The van der Waals surface area contributed by atoms with E-state index in [4.69, 9.17) is 0 Å². The molecule has 1 saturated heterocycles. The number of benzene rings is 1. The van der Waals surface area contributed by atoms with Gasteiger partial charge >= 0.3 is 0 Å². The average molecular weight is 282 g/mol. The number of piperazine rings is 1. The normalized spacial score (nSPS) is 21.3. The molecule has 1 fully saturated rings. The maximum absolute atomic E-state index is 12.6. The third kappa shape index (κ3) is 2.86. The first-order chi connectivity index (χ1) is 8.93. The molecule has 19 heavy (non-hydrogen) atoms. The first kappa shape index (κ1) is 14.2. The van der Waals surface area contributed by atoms with Crippen LogP contribution in [0.1, 0.15) is 24.2 Å². The van der Waals surface area contributed by atoms with Crippen LogP contribution in [0.4, 0.5) is 0 Å². The van der Waals surface area contributed by atoms with E-state index in [-0.39, 0.29) is 16.7 Å². The van der Waals surface area contributed by atoms with Gasteiger partial charge in [0.2, 0.25) is 10.0 Å². The lowest BCUT2D eigenvalue weighted by molar-refractivity contribution is 0.101. The standard InChI is InChI=1S/C13H18N2O3S/c1-10-9-14-6-7-15(10)19(17,18)13-5-3-4-12(8-13)11(2)16/h3-5,8,10,14H,6-7,9H2,1-2H3. The number of nitrogens with one attached hydrogen (secondary N) is 1. The van der Waals surface area contributed by atoms with E-state index in [1.54, 1.807) is 12.1 Å². The van der Waals surface area contributed by atoms with Crippen LogP contribution in [0.5, 0.6) is 0 Å². The lowest BCUT2D eigenvalue weighted by atomic mass is 10.2. The maximum atomic E-state index is 12.6. The number of Topliss-reactive ketones (excluding diaryl/α,β-unsaturated/α-hetero) is 1. The zero-order valence-corrected chi connectivity index (χ0v) is 11.9. The summed E-state index contributed by atoms with van der Waals surface area (Å²) in [7, 11) is -3.53. The highest BCUT2D eigenvalue weighted by atomic mass is 32.2. The van der Waals surface area contributed by atoms with Crippen LogP contribution in [-0.2, 0) is 10.0 Å². The molecule has 1 N–H and O–H groups in total. The van der Waals surface area contributed by atoms with Crippen molar-refractivity contribution in [3.8, 4) is 0 Å². The minimum absolute atomic E-state index is 0.0836. The Morgan fingerprint density at radius 3 is 2.79 bits per heavy atom. The molecule has 1 aliphatic heterocycles. The van der Waals surface area contributed by atoms with Crippen molar-refractivity contribution in [1.82, 2.24) is 9.62 Å². The Labute approximate surface area is 113 Å². The SMILES string of the molecule is CC(=O)c1cccc(S(=O)(=O)N2CCNCC2C)c1. The summed E-state index contributed by atoms with van der Waals surface area (Å²) in [6.07, 6.45) is 0. The van der Waals surface area contributed by atoms with Crippen LogP contribution < -0.4 is 5.32 Å². The summed E-state index contributed by atoms with van der Waals surface area (Å²) >= 11 is 0. The highest BCUT2D eigenvalue weighted by molar-refractivity contribution is 7.89. The Bertz CT molecular complexity index is 583. The van der Waals surface area contributed by atoms with E-state index in [1.807, 2.05) is 6.92 Å².